The summed E-state index contributed by atoms with van der Waals surface area (Å²) >= 11 is 0. The van der Waals surface area contributed by atoms with Crippen LogP contribution < -0.4 is 5.73 Å². The summed E-state index contributed by atoms with van der Waals surface area (Å²) in [5.41, 5.74) is 7.22. The Morgan fingerprint density at radius 3 is 3.06 bits per heavy atom. The van der Waals surface area contributed by atoms with Gasteiger partial charge in [0.05, 0.1) is 6.61 Å². The fourth-order valence-corrected chi connectivity index (χ4v) is 1.75. The van der Waals surface area contributed by atoms with Gasteiger partial charge in [0.2, 0.25) is 0 Å². The maximum absolute atomic E-state index is 11.5. The summed E-state index contributed by atoms with van der Waals surface area (Å²) in [6.45, 7) is 2.04. The van der Waals surface area contributed by atoms with Crippen molar-refractivity contribution in [2.45, 2.75) is 13.0 Å². The first kappa shape index (κ1) is 11.5. The molecule has 0 bridgehead atoms. The van der Waals surface area contributed by atoms with E-state index in [1.807, 2.05) is 0 Å². The summed E-state index contributed by atoms with van der Waals surface area (Å²) in [6, 6.07) is 4.04. The van der Waals surface area contributed by atoms with Crippen LogP contribution in [0.3, 0.4) is 0 Å². The number of fused-ring (bicyclic) bond motifs is 1. The molecule has 0 radical (unpaired) electrons. The number of benzene rings is 1. The highest BCUT2D eigenvalue weighted by Crippen LogP contribution is 2.26. The average molecular weight is 234 g/mol. The first-order valence-corrected chi connectivity index (χ1v) is 5.35. The molecule has 0 saturated heterocycles. The van der Waals surface area contributed by atoms with E-state index in [-0.39, 0.29) is 5.75 Å². The molecule has 1 heterocycles. The minimum absolute atomic E-state index is 0.163. The van der Waals surface area contributed by atoms with E-state index in [9.17, 15) is 9.90 Å². The van der Waals surface area contributed by atoms with Gasteiger partial charge in [-0.1, -0.05) is 0 Å². The first-order chi connectivity index (χ1) is 8.13. The van der Waals surface area contributed by atoms with E-state index in [1.54, 1.807) is 31.3 Å². The number of aromatic amines is 1. The van der Waals surface area contributed by atoms with Crippen LogP contribution in [0.1, 0.15) is 18.5 Å². The number of carbonyl (C=O) groups excluding carboxylic acids is 1. The molecule has 0 aliphatic heterocycles. The number of nitrogens with one attached hydrogen (secondary N) is 1. The Hall–Kier alpha value is -2.01. The van der Waals surface area contributed by atoms with Crippen LogP contribution in [-0.2, 0) is 9.53 Å². The molecule has 1 unspecified atom stereocenters. The molecule has 0 aliphatic carbocycles. The molecule has 2 rings (SSSR count). The summed E-state index contributed by atoms with van der Waals surface area (Å²) in [6.07, 6.45) is 1.66. The molecule has 0 aliphatic rings. The van der Waals surface area contributed by atoms with Crippen molar-refractivity contribution in [2.75, 3.05) is 6.61 Å². The predicted molar refractivity (Wildman–Crippen MR) is 63.5 cm³/mol. The van der Waals surface area contributed by atoms with E-state index in [4.69, 9.17) is 10.5 Å². The molecule has 1 atom stereocenters. The summed E-state index contributed by atoms with van der Waals surface area (Å²) in [5.74, 6) is -0.294. The maximum atomic E-state index is 11.5. The molecule has 1 aromatic heterocycles. The Kier molecular flexibility index (Phi) is 3.01. The zero-order valence-corrected chi connectivity index (χ0v) is 9.43. The summed E-state index contributed by atoms with van der Waals surface area (Å²) in [4.78, 5) is 14.5. The lowest BCUT2D eigenvalue weighted by molar-refractivity contribution is -0.144. The monoisotopic (exact) mass is 234 g/mol. The summed E-state index contributed by atoms with van der Waals surface area (Å²) in [5, 5.41) is 10.1. The third kappa shape index (κ3) is 2.09. The van der Waals surface area contributed by atoms with Gasteiger partial charge in [0.1, 0.15) is 11.8 Å². The van der Waals surface area contributed by atoms with Crippen LogP contribution in [0.4, 0.5) is 0 Å². The van der Waals surface area contributed by atoms with Gasteiger partial charge in [0, 0.05) is 28.7 Å². The highest BCUT2D eigenvalue weighted by Gasteiger charge is 2.20. The minimum atomic E-state index is -0.812. The number of phenolic OH excluding ortho intramolecular Hbond substituents is 1. The SMILES string of the molecule is CCOC(=O)C(N)c1c[nH]c2cc(O)ccc12. The lowest BCUT2D eigenvalue weighted by Gasteiger charge is -2.09. The molecule has 0 amide bonds. The van der Waals surface area contributed by atoms with Crippen molar-refractivity contribution in [3.63, 3.8) is 0 Å². The first-order valence-electron chi connectivity index (χ1n) is 5.35. The highest BCUT2D eigenvalue weighted by molar-refractivity contribution is 5.90. The number of aromatic hydroxyl groups is 1. The van der Waals surface area contributed by atoms with Crippen LogP contribution >= 0.6 is 0 Å². The number of hydrogen-bond acceptors (Lipinski definition) is 4. The van der Waals surface area contributed by atoms with Crippen LogP contribution in [0, 0.1) is 0 Å². The van der Waals surface area contributed by atoms with Crippen LogP contribution in [-0.4, -0.2) is 22.7 Å². The molecular weight excluding hydrogens is 220 g/mol. The molecule has 2 aromatic rings. The normalized spacial score (nSPS) is 12.6. The quantitative estimate of drug-likeness (QED) is 0.701. The molecular formula is C12H14N2O3. The lowest BCUT2D eigenvalue weighted by Crippen LogP contribution is -2.23. The molecule has 0 spiro atoms. The average Bonchev–Trinajstić information content (AvgIpc) is 2.71. The van der Waals surface area contributed by atoms with E-state index in [0.29, 0.717) is 12.2 Å². The number of aromatic nitrogens is 1. The zero-order chi connectivity index (χ0) is 12.4. The van der Waals surface area contributed by atoms with E-state index in [1.165, 1.54) is 0 Å². The predicted octanol–water partition coefficient (Wildman–Crippen LogP) is 1.44. The van der Waals surface area contributed by atoms with Crippen molar-refractivity contribution in [2.24, 2.45) is 5.73 Å². The van der Waals surface area contributed by atoms with E-state index < -0.39 is 12.0 Å². The van der Waals surface area contributed by atoms with Crippen LogP contribution in [0.5, 0.6) is 5.75 Å². The van der Waals surface area contributed by atoms with Gasteiger partial charge < -0.3 is 20.6 Å². The topological polar surface area (TPSA) is 88.3 Å². The second-order valence-corrected chi connectivity index (χ2v) is 3.70. The van der Waals surface area contributed by atoms with Crippen molar-refractivity contribution in [3.05, 3.63) is 30.0 Å². The second kappa shape index (κ2) is 4.47. The van der Waals surface area contributed by atoms with Gasteiger partial charge in [-0.15, -0.1) is 0 Å². The third-order valence-corrected chi connectivity index (χ3v) is 2.57. The van der Waals surface area contributed by atoms with Crippen molar-refractivity contribution in [3.8, 4) is 5.75 Å². The number of carbonyl (C=O) groups is 1. The molecule has 0 saturated carbocycles. The van der Waals surface area contributed by atoms with Crippen molar-refractivity contribution < 1.29 is 14.6 Å². The van der Waals surface area contributed by atoms with Gasteiger partial charge in [0.25, 0.3) is 0 Å². The number of ether oxygens (including phenoxy) is 1. The fourth-order valence-electron chi connectivity index (χ4n) is 1.75. The van der Waals surface area contributed by atoms with E-state index in [2.05, 4.69) is 4.98 Å². The van der Waals surface area contributed by atoms with Gasteiger partial charge in [-0.05, 0) is 19.1 Å². The fraction of sp³-hybridized carbons (Fsp3) is 0.250. The molecule has 1 aromatic carbocycles. The van der Waals surface area contributed by atoms with Gasteiger partial charge in [-0.3, -0.25) is 0 Å². The number of H-pyrrole nitrogens is 1. The van der Waals surface area contributed by atoms with Gasteiger partial charge in [0.15, 0.2) is 0 Å². The highest BCUT2D eigenvalue weighted by atomic mass is 16.5. The van der Waals surface area contributed by atoms with Crippen molar-refractivity contribution >= 4 is 16.9 Å². The second-order valence-electron chi connectivity index (χ2n) is 3.70. The van der Waals surface area contributed by atoms with E-state index >= 15 is 0 Å². The number of rotatable bonds is 3. The Balaban J connectivity index is 2.39. The molecule has 5 nitrogen and oxygen atoms in total. The Bertz CT molecular complexity index is 548. The summed E-state index contributed by atoms with van der Waals surface area (Å²) < 4.78 is 4.87. The molecule has 90 valence electrons. The number of esters is 1. The Labute approximate surface area is 98.2 Å². The molecule has 17 heavy (non-hydrogen) atoms. The minimum Gasteiger partial charge on any atom is -0.508 e. The van der Waals surface area contributed by atoms with Gasteiger partial charge >= 0.3 is 5.97 Å². The van der Waals surface area contributed by atoms with Gasteiger partial charge in [-0.2, -0.15) is 0 Å². The van der Waals surface area contributed by atoms with Crippen molar-refractivity contribution in [1.82, 2.24) is 4.98 Å². The smallest absolute Gasteiger partial charge is 0.327 e. The standard InChI is InChI=1S/C12H14N2O3/c1-2-17-12(16)11(13)9-6-14-10-5-7(15)3-4-8(9)10/h3-6,11,14-15H,2,13H2,1H3. The van der Waals surface area contributed by atoms with Crippen LogP contribution in [0.2, 0.25) is 0 Å². The Morgan fingerprint density at radius 1 is 1.59 bits per heavy atom. The summed E-state index contributed by atoms with van der Waals surface area (Å²) in [7, 11) is 0. The van der Waals surface area contributed by atoms with Gasteiger partial charge in [-0.25, -0.2) is 4.79 Å². The van der Waals surface area contributed by atoms with Crippen LogP contribution in [0.15, 0.2) is 24.4 Å². The molecule has 0 fully saturated rings. The lowest BCUT2D eigenvalue weighted by atomic mass is 10.1. The maximum Gasteiger partial charge on any atom is 0.327 e. The van der Waals surface area contributed by atoms with E-state index in [0.717, 1.165) is 10.9 Å². The van der Waals surface area contributed by atoms with Crippen LogP contribution in [0.25, 0.3) is 10.9 Å². The zero-order valence-electron chi connectivity index (χ0n) is 9.43. The third-order valence-electron chi connectivity index (χ3n) is 2.57. The number of hydrogen-bond donors (Lipinski definition) is 3. The largest absolute Gasteiger partial charge is 0.508 e. The number of nitrogens with two attached hydrogens (primary N) is 1. The Morgan fingerprint density at radius 2 is 2.35 bits per heavy atom. The molecule has 4 N–H and O–H groups in total. The van der Waals surface area contributed by atoms with Crippen molar-refractivity contribution in [1.29, 1.82) is 0 Å². The number of phenols is 1. The molecule has 5 heteroatoms.